The van der Waals surface area contributed by atoms with Crippen LogP contribution in [0.15, 0.2) is 97.5 Å². The summed E-state index contributed by atoms with van der Waals surface area (Å²) < 4.78 is 7.54. The minimum Gasteiger partial charge on any atom is -0.491 e. The van der Waals surface area contributed by atoms with Crippen LogP contribution >= 0.6 is 0 Å². The van der Waals surface area contributed by atoms with Crippen LogP contribution in [-0.4, -0.2) is 46.4 Å². The van der Waals surface area contributed by atoms with Crippen LogP contribution in [-0.2, 0) is 24.2 Å². The second-order valence-electron chi connectivity index (χ2n) is 8.68. The number of benzene rings is 3. The van der Waals surface area contributed by atoms with Gasteiger partial charge in [-0.15, -0.1) is 0 Å². The van der Waals surface area contributed by atoms with Gasteiger partial charge in [-0.2, -0.15) is 0 Å². The lowest BCUT2D eigenvalue weighted by atomic mass is 10.1. The number of nitrogens with one attached hydrogen (secondary N) is 2. The zero-order chi connectivity index (χ0) is 25.0. The van der Waals surface area contributed by atoms with Crippen molar-refractivity contribution in [3.05, 3.63) is 114 Å². The molecule has 3 N–H and O–H groups in total. The van der Waals surface area contributed by atoms with Gasteiger partial charge in [0, 0.05) is 25.0 Å². The van der Waals surface area contributed by atoms with Gasteiger partial charge in [0.15, 0.2) is 0 Å². The summed E-state index contributed by atoms with van der Waals surface area (Å²) in [7, 11) is 0. The fourth-order valence-electron chi connectivity index (χ4n) is 3.77. The van der Waals surface area contributed by atoms with Crippen LogP contribution in [0.25, 0.3) is 0 Å². The zero-order valence-corrected chi connectivity index (χ0v) is 20.2. The number of carbonyl (C=O) groups excluding carboxylic acids is 1. The molecule has 0 spiro atoms. The highest BCUT2D eigenvalue weighted by atomic mass is 16.5. The number of nitrogens with zero attached hydrogens (tertiary/aromatic N) is 2. The van der Waals surface area contributed by atoms with E-state index in [0.29, 0.717) is 6.54 Å². The van der Waals surface area contributed by atoms with Crippen LogP contribution in [0.4, 0.5) is 5.69 Å². The van der Waals surface area contributed by atoms with Crippen molar-refractivity contribution in [2.45, 2.75) is 25.5 Å². The van der Waals surface area contributed by atoms with Crippen molar-refractivity contribution in [3.8, 4) is 5.75 Å². The number of para-hydroxylation sites is 1. The van der Waals surface area contributed by atoms with E-state index in [9.17, 15) is 9.90 Å². The smallest absolute Gasteiger partial charge is 0.230 e. The van der Waals surface area contributed by atoms with Gasteiger partial charge in [-0.3, -0.25) is 4.79 Å². The molecule has 1 atom stereocenters. The fraction of sp³-hybridized carbons (Fsp3) is 0.241. The minimum absolute atomic E-state index is 0.0962. The van der Waals surface area contributed by atoms with Crippen molar-refractivity contribution in [2.24, 2.45) is 0 Å². The Labute approximate surface area is 211 Å². The molecule has 1 aromatic heterocycles. The van der Waals surface area contributed by atoms with Crippen LogP contribution in [0, 0.1) is 0 Å². The van der Waals surface area contributed by atoms with Gasteiger partial charge in [0.25, 0.3) is 0 Å². The number of hydrogen-bond acceptors (Lipinski definition) is 5. The number of rotatable bonds is 13. The molecule has 0 saturated heterocycles. The first-order chi connectivity index (χ1) is 17.6. The molecule has 1 amide bonds. The summed E-state index contributed by atoms with van der Waals surface area (Å²) in [6, 6.07) is 27.4. The molecule has 0 radical (unpaired) electrons. The fourth-order valence-corrected chi connectivity index (χ4v) is 3.77. The highest BCUT2D eigenvalue weighted by Gasteiger charge is 2.08. The molecule has 4 rings (SSSR count). The molecule has 36 heavy (non-hydrogen) atoms. The Kier molecular flexibility index (Phi) is 9.25. The third-order valence-corrected chi connectivity index (χ3v) is 5.63. The van der Waals surface area contributed by atoms with E-state index in [2.05, 4.69) is 27.8 Å². The van der Waals surface area contributed by atoms with Crippen molar-refractivity contribution < 1.29 is 14.6 Å². The molecule has 3 aromatic carbocycles. The molecule has 0 unspecified atom stereocenters. The quantitative estimate of drug-likeness (QED) is 0.252. The molecule has 0 aliphatic carbocycles. The number of carbonyl (C=O) groups is 1. The van der Waals surface area contributed by atoms with Crippen molar-refractivity contribution in [1.82, 2.24) is 14.9 Å². The minimum atomic E-state index is -0.576. The van der Waals surface area contributed by atoms with E-state index in [0.717, 1.165) is 42.2 Å². The van der Waals surface area contributed by atoms with Gasteiger partial charge in [0.2, 0.25) is 5.91 Å². The van der Waals surface area contributed by atoms with Crippen LogP contribution in [0.1, 0.15) is 16.8 Å². The lowest BCUT2D eigenvalue weighted by molar-refractivity contribution is -0.115. The summed E-state index contributed by atoms with van der Waals surface area (Å²) in [5.74, 6) is 0.655. The number of ether oxygens (including phenoxy) is 1. The molecule has 4 aromatic rings. The highest BCUT2D eigenvalue weighted by molar-refractivity contribution is 5.91. The molecule has 7 heteroatoms. The Bertz CT molecular complexity index is 1190. The van der Waals surface area contributed by atoms with Gasteiger partial charge in [0.05, 0.1) is 18.4 Å². The topological polar surface area (TPSA) is 88.4 Å². The van der Waals surface area contributed by atoms with Gasteiger partial charge in [-0.25, -0.2) is 4.98 Å². The third-order valence-electron chi connectivity index (χ3n) is 5.63. The predicted molar refractivity (Wildman–Crippen MR) is 141 cm³/mol. The summed E-state index contributed by atoms with van der Waals surface area (Å²) in [6.07, 6.45) is 4.14. The molecular formula is C29H32N4O3. The second-order valence-corrected chi connectivity index (χ2v) is 8.68. The Morgan fingerprint density at radius 1 is 0.944 bits per heavy atom. The van der Waals surface area contributed by atoms with E-state index in [1.807, 2.05) is 83.6 Å². The van der Waals surface area contributed by atoms with Crippen molar-refractivity contribution in [3.63, 3.8) is 0 Å². The number of amides is 1. The van der Waals surface area contributed by atoms with Gasteiger partial charge >= 0.3 is 0 Å². The molecule has 0 aliphatic rings. The monoisotopic (exact) mass is 484 g/mol. The maximum atomic E-state index is 12.4. The SMILES string of the molecule is O=C(Cc1cn(Cc2ccccc2)cn1)Nc1ccc(CCNC[C@H](O)COc2ccccc2)cc1. The molecule has 186 valence electrons. The molecule has 0 bridgehead atoms. The van der Waals surface area contributed by atoms with E-state index < -0.39 is 6.10 Å². The van der Waals surface area contributed by atoms with E-state index in [1.165, 1.54) is 5.56 Å². The molecule has 0 aliphatic heterocycles. The Morgan fingerprint density at radius 3 is 2.42 bits per heavy atom. The average molecular weight is 485 g/mol. The maximum absolute atomic E-state index is 12.4. The number of imidazole rings is 1. The van der Waals surface area contributed by atoms with Crippen LogP contribution in [0.2, 0.25) is 0 Å². The van der Waals surface area contributed by atoms with E-state index in [1.54, 1.807) is 6.33 Å². The highest BCUT2D eigenvalue weighted by Crippen LogP contribution is 2.12. The first-order valence-electron chi connectivity index (χ1n) is 12.1. The predicted octanol–water partition coefficient (Wildman–Crippen LogP) is 3.68. The third kappa shape index (κ3) is 8.37. The molecule has 7 nitrogen and oxygen atoms in total. The largest absolute Gasteiger partial charge is 0.491 e. The standard InChI is InChI=1S/C29H32N4O3/c34-27(21-36-28-9-5-2-6-10-28)18-30-16-15-23-11-13-25(14-12-23)32-29(35)17-26-20-33(22-31-26)19-24-7-3-1-4-8-24/h1-14,20,22,27,30,34H,15-19,21H2,(H,32,35)/t27-/m0/s1. The Balaban J connectivity index is 1.13. The van der Waals surface area contributed by atoms with E-state index >= 15 is 0 Å². The van der Waals surface area contributed by atoms with Gasteiger partial charge < -0.3 is 25.0 Å². The average Bonchev–Trinajstić information content (AvgIpc) is 3.33. The van der Waals surface area contributed by atoms with Crippen LogP contribution in [0.5, 0.6) is 5.75 Å². The second kappa shape index (κ2) is 13.2. The van der Waals surface area contributed by atoms with E-state index in [-0.39, 0.29) is 18.9 Å². The van der Waals surface area contributed by atoms with Crippen molar-refractivity contribution in [2.75, 3.05) is 25.0 Å². The van der Waals surface area contributed by atoms with E-state index in [4.69, 9.17) is 4.74 Å². The number of aliphatic hydroxyl groups excluding tert-OH is 1. The Morgan fingerprint density at radius 2 is 1.67 bits per heavy atom. The Hall–Kier alpha value is -3.94. The summed E-state index contributed by atoms with van der Waals surface area (Å²) in [4.78, 5) is 16.8. The normalized spacial score (nSPS) is 11.7. The summed E-state index contributed by atoms with van der Waals surface area (Å²) in [6.45, 7) is 2.17. The zero-order valence-electron chi connectivity index (χ0n) is 20.2. The first kappa shape index (κ1) is 25.2. The molecule has 0 fully saturated rings. The summed E-state index contributed by atoms with van der Waals surface area (Å²) in [5, 5.41) is 16.3. The van der Waals surface area contributed by atoms with Crippen molar-refractivity contribution in [1.29, 1.82) is 0 Å². The maximum Gasteiger partial charge on any atom is 0.230 e. The molecule has 0 saturated carbocycles. The molecular weight excluding hydrogens is 452 g/mol. The first-order valence-corrected chi connectivity index (χ1v) is 12.1. The number of anilines is 1. The number of hydrogen-bond donors (Lipinski definition) is 3. The van der Waals surface area contributed by atoms with Gasteiger partial charge in [0.1, 0.15) is 18.5 Å². The van der Waals surface area contributed by atoms with Crippen LogP contribution < -0.4 is 15.4 Å². The number of aliphatic hydroxyl groups is 1. The lowest BCUT2D eigenvalue weighted by Gasteiger charge is -2.13. The number of aromatic nitrogens is 2. The van der Waals surface area contributed by atoms with Gasteiger partial charge in [-0.1, -0.05) is 60.7 Å². The van der Waals surface area contributed by atoms with Crippen molar-refractivity contribution >= 4 is 11.6 Å². The summed E-state index contributed by atoms with van der Waals surface area (Å²) in [5.41, 5.74) is 3.83. The van der Waals surface area contributed by atoms with Crippen LogP contribution in [0.3, 0.4) is 0 Å². The summed E-state index contributed by atoms with van der Waals surface area (Å²) >= 11 is 0. The molecule has 1 heterocycles. The lowest BCUT2D eigenvalue weighted by Crippen LogP contribution is -2.32. The van der Waals surface area contributed by atoms with Gasteiger partial charge in [-0.05, 0) is 48.4 Å².